The first-order valence-electron chi connectivity index (χ1n) is 6.36. The molecule has 2 nitrogen and oxygen atoms in total. The average Bonchev–Trinajstić information content (AvgIpc) is 2.42. The monoisotopic (exact) mass is 269 g/mol. The Labute approximate surface area is 118 Å². The van der Waals surface area contributed by atoms with Crippen molar-refractivity contribution < 1.29 is 9.18 Å². The fraction of sp³-hybridized carbons (Fsp3) is 0.118. The van der Waals surface area contributed by atoms with E-state index in [0.717, 1.165) is 11.3 Å². The van der Waals surface area contributed by atoms with Crippen molar-refractivity contribution >= 4 is 11.5 Å². The predicted octanol–water partition coefficient (Wildman–Crippen LogP) is 4.33. The van der Waals surface area contributed by atoms with E-state index in [1.54, 1.807) is 31.2 Å². The maximum Gasteiger partial charge on any atom is 0.187 e. The van der Waals surface area contributed by atoms with Gasteiger partial charge in [0.25, 0.3) is 0 Å². The van der Waals surface area contributed by atoms with Crippen LogP contribution < -0.4 is 5.32 Å². The van der Waals surface area contributed by atoms with Crippen LogP contribution in [0.15, 0.2) is 60.3 Å². The van der Waals surface area contributed by atoms with Gasteiger partial charge < -0.3 is 5.32 Å². The molecule has 0 aromatic heterocycles. The third-order valence-electron chi connectivity index (χ3n) is 2.87. The van der Waals surface area contributed by atoms with E-state index in [1.165, 1.54) is 18.2 Å². The number of halogens is 1. The molecule has 0 amide bonds. The smallest absolute Gasteiger partial charge is 0.187 e. The molecule has 20 heavy (non-hydrogen) atoms. The van der Waals surface area contributed by atoms with Gasteiger partial charge in [0.05, 0.1) is 0 Å². The normalized spacial score (nSPS) is 11.2. The largest absolute Gasteiger partial charge is 0.359 e. The maximum atomic E-state index is 12.8. The summed E-state index contributed by atoms with van der Waals surface area (Å²) in [5, 5.41) is 3.05. The van der Waals surface area contributed by atoms with Gasteiger partial charge in [0.15, 0.2) is 5.78 Å². The quantitative estimate of drug-likeness (QED) is 0.661. The first-order valence-corrected chi connectivity index (χ1v) is 6.36. The summed E-state index contributed by atoms with van der Waals surface area (Å²) in [4.78, 5) is 12.0. The minimum absolute atomic E-state index is 0.0582. The Morgan fingerprint density at radius 3 is 2.25 bits per heavy atom. The lowest BCUT2D eigenvalue weighted by atomic mass is 10.1. The molecule has 0 unspecified atom stereocenters. The molecule has 0 fully saturated rings. The van der Waals surface area contributed by atoms with Crippen LogP contribution in [0.4, 0.5) is 10.1 Å². The first kappa shape index (κ1) is 14.0. The van der Waals surface area contributed by atoms with E-state index in [-0.39, 0.29) is 11.6 Å². The Bertz CT molecular complexity index is 627. The number of rotatable bonds is 4. The number of aryl methyl sites for hydroxylation is 1. The molecule has 0 bridgehead atoms. The Kier molecular flexibility index (Phi) is 4.31. The van der Waals surface area contributed by atoms with E-state index >= 15 is 0 Å². The molecule has 0 spiro atoms. The van der Waals surface area contributed by atoms with E-state index < -0.39 is 0 Å². The van der Waals surface area contributed by atoms with Crippen molar-refractivity contribution in [2.75, 3.05) is 5.32 Å². The third-order valence-corrected chi connectivity index (χ3v) is 2.87. The zero-order valence-corrected chi connectivity index (χ0v) is 11.5. The van der Waals surface area contributed by atoms with Crippen LogP contribution in [-0.4, -0.2) is 5.78 Å². The fourth-order valence-electron chi connectivity index (χ4n) is 1.79. The van der Waals surface area contributed by atoms with E-state index in [0.29, 0.717) is 11.3 Å². The lowest BCUT2D eigenvalue weighted by Crippen LogP contribution is -2.01. The molecule has 0 aliphatic carbocycles. The van der Waals surface area contributed by atoms with Gasteiger partial charge in [-0.25, -0.2) is 4.39 Å². The number of hydrogen-bond acceptors (Lipinski definition) is 2. The molecule has 0 radical (unpaired) electrons. The van der Waals surface area contributed by atoms with Gasteiger partial charge >= 0.3 is 0 Å². The van der Waals surface area contributed by atoms with E-state index in [1.807, 2.05) is 19.1 Å². The molecule has 3 heteroatoms. The molecule has 1 N–H and O–H groups in total. The molecule has 0 aliphatic rings. The Morgan fingerprint density at radius 2 is 1.65 bits per heavy atom. The van der Waals surface area contributed by atoms with Gasteiger partial charge in [-0.1, -0.05) is 29.8 Å². The molecule has 2 rings (SSSR count). The molecule has 2 aromatic rings. The van der Waals surface area contributed by atoms with Crippen LogP contribution in [0.5, 0.6) is 0 Å². The molecular weight excluding hydrogens is 253 g/mol. The van der Waals surface area contributed by atoms with Gasteiger partial charge in [-0.3, -0.25) is 4.79 Å². The minimum Gasteiger partial charge on any atom is -0.359 e. The summed E-state index contributed by atoms with van der Waals surface area (Å²) >= 11 is 0. The highest BCUT2D eigenvalue weighted by atomic mass is 19.1. The average molecular weight is 269 g/mol. The highest BCUT2D eigenvalue weighted by molar-refractivity contribution is 6.05. The van der Waals surface area contributed by atoms with Gasteiger partial charge in [0.1, 0.15) is 5.82 Å². The summed E-state index contributed by atoms with van der Waals surface area (Å²) < 4.78 is 12.8. The molecule has 0 heterocycles. The van der Waals surface area contributed by atoms with Gasteiger partial charge in [-0.15, -0.1) is 0 Å². The van der Waals surface area contributed by atoms with E-state index in [9.17, 15) is 9.18 Å². The van der Waals surface area contributed by atoms with Crippen LogP contribution in [0.2, 0.25) is 0 Å². The van der Waals surface area contributed by atoms with E-state index in [2.05, 4.69) is 5.32 Å². The summed E-state index contributed by atoms with van der Waals surface area (Å²) in [7, 11) is 0. The third kappa shape index (κ3) is 3.79. The van der Waals surface area contributed by atoms with Crippen LogP contribution in [0, 0.1) is 12.7 Å². The lowest BCUT2D eigenvalue weighted by Gasteiger charge is -2.06. The lowest BCUT2D eigenvalue weighted by molar-refractivity contribution is 0.104. The first-order chi connectivity index (χ1) is 9.54. The second-order valence-electron chi connectivity index (χ2n) is 4.69. The summed E-state index contributed by atoms with van der Waals surface area (Å²) in [5.41, 5.74) is 3.22. The second kappa shape index (κ2) is 6.15. The number of ketones is 1. The summed E-state index contributed by atoms with van der Waals surface area (Å²) in [6.07, 6.45) is 1.54. The predicted molar refractivity (Wildman–Crippen MR) is 79.3 cm³/mol. The van der Waals surface area contributed by atoms with Crippen LogP contribution in [0.1, 0.15) is 22.8 Å². The number of carbonyl (C=O) groups is 1. The zero-order valence-electron chi connectivity index (χ0n) is 11.5. The summed E-state index contributed by atoms with van der Waals surface area (Å²) in [5.74, 6) is -0.343. The second-order valence-corrected chi connectivity index (χ2v) is 4.69. The summed E-state index contributed by atoms with van der Waals surface area (Å²) in [6, 6.07) is 13.4. The van der Waals surface area contributed by atoms with Crippen molar-refractivity contribution in [3.05, 3.63) is 77.2 Å². The standard InChI is InChI=1S/C17H16FNO/c1-12-3-5-14(6-4-12)17(20)11-13(2)19-16-9-7-15(18)8-10-16/h3-11,19H,1-2H3/b13-11+. The van der Waals surface area contributed by atoms with Crippen molar-refractivity contribution in [2.24, 2.45) is 0 Å². The van der Waals surface area contributed by atoms with Crippen molar-refractivity contribution in [3.63, 3.8) is 0 Å². The van der Waals surface area contributed by atoms with Crippen LogP contribution >= 0.6 is 0 Å². The van der Waals surface area contributed by atoms with Crippen LogP contribution in [-0.2, 0) is 0 Å². The molecule has 0 saturated heterocycles. The van der Waals surface area contributed by atoms with Crippen LogP contribution in [0.3, 0.4) is 0 Å². The molecule has 0 aliphatic heterocycles. The molecule has 2 aromatic carbocycles. The molecule has 0 saturated carbocycles. The van der Waals surface area contributed by atoms with Gasteiger partial charge in [0.2, 0.25) is 0 Å². The Morgan fingerprint density at radius 1 is 1.05 bits per heavy atom. The van der Waals surface area contributed by atoms with Crippen molar-refractivity contribution in [3.8, 4) is 0 Å². The number of nitrogens with one attached hydrogen (secondary N) is 1. The minimum atomic E-state index is -0.284. The van der Waals surface area contributed by atoms with Crippen molar-refractivity contribution in [1.29, 1.82) is 0 Å². The van der Waals surface area contributed by atoms with Gasteiger partial charge in [-0.05, 0) is 38.1 Å². The van der Waals surface area contributed by atoms with Gasteiger partial charge in [-0.2, -0.15) is 0 Å². The number of carbonyl (C=O) groups excluding carboxylic acids is 1. The number of benzene rings is 2. The van der Waals surface area contributed by atoms with Gasteiger partial charge in [0, 0.05) is 23.0 Å². The van der Waals surface area contributed by atoms with E-state index in [4.69, 9.17) is 0 Å². The molecular formula is C17H16FNO. The molecule has 0 atom stereocenters. The van der Waals surface area contributed by atoms with Crippen LogP contribution in [0.25, 0.3) is 0 Å². The SMILES string of the molecule is C/C(=C\C(=O)c1ccc(C)cc1)Nc1ccc(F)cc1. The number of anilines is 1. The Balaban J connectivity index is 2.07. The summed E-state index contributed by atoms with van der Waals surface area (Å²) in [6.45, 7) is 3.78. The van der Waals surface area contributed by atoms with Crippen molar-refractivity contribution in [2.45, 2.75) is 13.8 Å². The zero-order chi connectivity index (χ0) is 14.5. The molecule has 102 valence electrons. The fourth-order valence-corrected chi connectivity index (χ4v) is 1.79. The maximum absolute atomic E-state index is 12.8. The highest BCUT2D eigenvalue weighted by Crippen LogP contribution is 2.12. The topological polar surface area (TPSA) is 29.1 Å². The van der Waals surface area contributed by atoms with Crippen molar-refractivity contribution in [1.82, 2.24) is 0 Å². The Hall–Kier alpha value is -2.42. The number of hydrogen-bond donors (Lipinski definition) is 1. The highest BCUT2D eigenvalue weighted by Gasteiger charge is 2.03. The number of allylic oxidation sites excluding steroid dienone is 2.